The van der Waals surface area contributed by atoms with Gasteiger partial charge in [-0.1, -0.05) is 84.3 Å². The fourth-order valence-electron chi connectivity index (χ4n) is 3.19. The highest BCUT2D eigenvalue weighted by molar-refractivity contribution is 7.47. The molecule has 0 aliphatic carbocycles. The quantitative estimate of drug-likeness (QED) is 0.0699. The number of carboxylic acids is 1. The molecular weight excluding hydrogens is 477 g/mol. The Morgan fingerprint density at radius 1 is 0.914 bits per heavy atom. The van der Waals surface area contributed by atoms with Crippen molar-refractivity contribution in [1.29, 1.82) is 0 Å². The van der Waals surface area contributed by atoms with Gasteiger partial charge in [0.1, 0.15) is 18.8 Å². The van der Waals surface area contributed by atoms with Crippen molar-refractivity contribution in [2.75, 3.05) is 19.8 Å². The molecule has 0 aliphatic heterocycles. The first-order chi connectivity index (χ1) is 16.5. The highest BCUT2D eigenvalue weighted by Gasteiger charge is 2.26. The Morgan fingerprint density at radius 3 is 2.06 bits per heavy atom. The van der Waals surface area contributed by atoms with Crippen molar-refractivity contribution in [3.8, 4) is 0 Å². The Bertz CT molecular complexity index is 659. The molecule has 0 fully saturated rings. The lowest BCUT2D eigenvalue weighted by Gasteiger charge is -2.18. The maximum absolute atomic E-state index is 12.6. The van der Waals surface area contributed by atoms with Crippen LogP contribution in [0.4, 0.5) is 0 Å². The predicted molar refractivity (Wildman–Crippen MR) is 134 cm³/mol. The number of hydrogen-bond acceptors (Lipinski definition) is 8. The molecule has 206 valence electrons. The summed E-state index contributed by atoms with van der Waals surface area (Å²) in [6, 6.07) is -1.49. The summed E-state index contributed by atoms with van der Waals surface area (Å²) in [6.07, 6.45) is 13.2. The number of ether oxygens (including phenoxy) is 1. The van der Waals surface area contributed by atoms with Crippen LogP contribution in [0.5, 0.6) is 0 Å². The van der Waals surface area contributed by atoms with Crippen LogP contribution in [0.25, 0.3) is 0 Å². The van der Waals surface area contributed by atoms with Crippen molar-refractivity contribution in [3.63, 3.8) is 0 Å². The van der Waals surface area contributed by atoms with E-state index in [1.165, 1.54) is 19.3 Å². The van der Waals surface area contributed by atoms with Crippen LogP contribution in [0.15, 0.2) is 12.2 Å². The molecule has 0 bridgehead atoms. The molecular formula is C24H46NO9P. The smallest absolute Gasteiger partial charge is 0.472 e. The minimum Gasteiger partial charge on any atom is -0.480 e. The fourth-order valence-corrected chi connectivity index (χ4v) is 3.98. The van der Waals surface area contributed by atoms with Crippen molar-refractivity contribution in [1.82, 2.24) is 0 Å². The van der Waals surface area contributed by atoms with E-state index in [9.17, 15) is 24.2 Å². The molecule has 0 aromatic rings. The van der Waals surface area contributed by atoms with E-state index in [1.807, 2.05) is 6.08 Å². The van der Waals surface area contributed by atoms with Gasteiger partial charge in [-0.05, 0) is 18.8 Å². The second-order valence-corrected chi connectivity index (χ2v) is 10.4. The number of carbonyl (C=O) groups is 2. The number of unbranched alkanes of at least 4 members (excludes halogenated alkanes) is 6. The molecule has 0 aliphatic rings. The zero-order valence-electron chi connectivity index (χ0n) is 21.5. The third kappa shape index (κ3) is 18.6. The van der Waals surface area contributed by atoms with Crippen LogP contribution < -0.4 is 5.73 Å². The van der Waals surface area contributed by atoms with E-state index in [0.29, 0.717) is 12.3 Å². The summed E-state index contributed by atoms with van der Waals surface area (Å²) < 4.78 is 26.1. The number of nitrogens with two attached hydrogens (primary N) is 1. The SMILES string of the molecule is CCCCCCC(C)/C=C\C(CCCCCC)C(=O)OC[C@H](O)COP(=O)(O)OC[C@H](N)C(=O)O. The van der Waals surface area contributed by atoms with E-state index in [2.05, 4.69) is 35.9 Å². The third-order valence-electron chi connectivity index (χ3n) is 5.44. The molecule has 10 nitrogen and oxygen atoms in total. The molecule has 0 saturated carbocycles. The standard InChI is InChI=1S/C24H46NO9P/c1-4-6-8-10-12-19(3)14-15-20(13-11-9-7-5-2)24(29)32-16-21(26)17-33-35(30,31)34-18-22(25)23(27)28/h14-15,19-22,26H,4-13,16-18,25H2,1-3H3,(H,27,28)(H,30,31)/b15-14-/t19?,20?,21-,22-/m0/s1. The molecule has 0 aromatic heterocycles. The monoisotopic (exact) mass is 523 g/mol. The van der Waals surface area contributed by atoms with Crippen LogP contribution in [0.1, 0.15) is 85.0 Å². The Morgan fingerprint density at radius 2 is 1.49 bits per heavy atom. The van der Waals surface area contributed by atoms with E-state index >= 15 is 0 Å². The van der Waals surface area contributed by atoms with Gasteiger partial charge in [0.2, 0.25) is 0 Å². The van der Waals surface area contributed by atoms with Crippen molar-refractivity contribution in [3.05, 3.63) is 12.2 Å². The normalized spacial score (nSPS) is 17.0. The highest BCUT2D eigenvalue weighted by atomic mass is 31.2. The van der Waals surface area contributed by atoms with Gasteiger partial charge in [-0.25, -0.2) is 4.57 Å². The van der Waals surface area contributed by atoms with Crippen LogP contribution in [-0.4, -0.2) is 59.0 Å². The van der Waals surface area contributed by atoms with Crippen LogP contribution in [0, 0.1) is 11.8 Å². The largest absolute Gasteiger partial charge is 0.480 e. The first-order valence-electron chi connectivity index (χ1n) is 12.7. The molecule has 0 saturated heterocycles. The summed E-state index contributed by atoms with van der Waals surface area (Å²) in [4.78, 5) is 32.8. The lowest BCUT2D eigenvalue weighted by atomic mass is 9.96. The molecule has 5 N–H and O–H groups in total. The van der Waals surface area contributed by atoms with Gasteiger partial charge in [0.25, 0.3) is 0 Å². The Kier molecular flexibility index (Phi) is 19.1. The fraction of sp³-hybridized carbons (Fsp3) is 0.833. The number of phosphoric acid groups is 1. The van der Waals surface area contributed by atoms with E-state index in [-0.39, 0.29) is 0 Å². The van der Waals surface area contributed by atoms with Gasteiger partial charge >= 0.3 is 19.8 Å². The molecule has 5 atom stereocenters. The average molecular weight is 524 g/mol. The first-order valence-corrected chi connectivity index (χ1v) is 14.1. The minimum atomic E-state index is -4.62. The van der Waals surface area contributed by atoms with Gasteiger partial charge in [-0.2, -0.15) is 0 Å². The van der Waals surface area contributed by atoms with Gasteiger partial charge in [0.15, 0.2) is 0 Å². The number of allylic oxidation sites excluding steroid dienone is 1. The van der Waals surface area contributed by atoms with Gasteiger partial charge in [-0.3, -0.25) is 18.6 Å². The zero-order chi connectivity index (χ0) is 26.7. The van der Waals surface area contributed by atoms with Crippen molar-refractivity contribution in [2.45, 2.75) is 97.1 Å². The van der Waals surface area contributed by atoms with Crippen molar-refractivity contribution < 1.29 is 43.0 Å². The number of aliphatic hydroxyl groups is 1. The molecule has 11 heteroatoms. The summed E-state index contributed by atoms with van der Waals surface area (Å²) in [6.45, 7) is 4.62. The minimum absolute atomic E-state index is 0.352. The topological polar surface area (TPSA) is 166 Å². The number of esters is 1. The van der Waals surface area contributed by atoms with E-state index in [0.717, 1.165) is 38.5 Å². The van der Waals surface area contributed by atoms with Crippen LogP contribution in [-0.2, 0) is 27.9 Å². The second-order valence-electron chi connectivity index (χ2n) is 8.96. The Balaban J connectivity index is 4.65. The summed E-state index contributed by atoms with van der Waals surface area (Å²) in [5.74, 6) is -1.94. The zero-order valence-corrected chi connectivity index (χ0v) is 22.4. The summed E-state index contributed by atoms with van der Waals surface area (Å²) in [5.41, 5.74) is 5.19. The molecule has 0 amide bonds. The van der Waals surface area contributed by atoms with Crippen LogP contribution in [0.2, 0.25) is 0 Å². The highest BCUT2D eigenvalue weighted by Crippen LogP contribution is 2.43. The number of carboxylic acid groups (broad SMARTS) is 1. The maximum Gasteiger partial charge on any atom is 0.472 e. The lowest BCUT2D eigenvalue weighted by molar-refractivity contribution is -0.150. The van der Waals surface area contributed by atoms with Gasteiger partial charge < -0.3 is 25.6 Å². The van der Waals surface area contributed by atoms with Gasteiger partial charge in [0, 0.05) is 0 Å². The van der Waals surface area contributed by atoms with E-state index < -0.39 is 57.6 Å². The molecule has 3 unspecified atom stereocenters. The van der Waals surface area contributed by atoms with Gasteiger partial charge in [-0.15, -0.1) is 0 Å². The summed E-state index contributed by atoms with van der Waals surface area (Å²) in [5, 5.41) is 18.6. The molecule has 0 heterocycles. The number of phosphoric ester groups is 1. The maximum atomic E-state index is 12.6. The molecule has 35 heavy (non-hydrogen) atoms. The van der Waals surface area contributed by atoms with Crippen LogP contribution in [0.3, 0.4) is 0 Å². The Labute approximate surface area is 209 Å². The average Bonchev–Trinajstić information content (AvgIpc) is 2.81. The lowest BCUT2D eigenvalue weighted by Crippen LogP contribution is -2.34. The van der Waals surface area contributed by atoms with E-state index in [4.69, 9.17) is 15.6 Å². The number of aliphatic hydroxyl groups excluding tert-OH is 1. The molecule has 0 rings (SSSR count). The van der Waals surface area contributed by atoms with Gasteiger partial charge in [0.05, 0.1) is 19.1 Å². The first kappa shape index (κ1) is 33.7. The number of carbonyl (C=O) groups excluding carboxylic acids is 1. The molecule has 0 radical (unpaired) electrons. The molecule has 0 spiro atoms. The number of rotatable bonds is 22. The number of aliphatic carboxylic acids is 1. The van der Waals surface area contributed by atoms with Crippen LogP contribution >= 0.6 is 7.82 Å². The van der Waals surface area contributed by atoms with E-state index in [1.54, 1.807) is 0 Å². The summed E-state index contributed by atoms with van der Waals surface area (Å²) >= 11 is 0. The Hall–Kier alpha value is -1.29. The third-order valence-corrected chi connectivity index (χ3v) is 6.39. The predicted octanol–water partition coefficient (Wildman–Crippen LogP) is 4.19. The molecule has 0 aromatic carbocycles. The second kappa shape index (κ2) is 19.8. The summed E-state index contributed by atoms with van der Waals surface area (Å²) in [7, 11) is -4.62. The van der Waals surface area contributed by atoms with Crippen molar-refractivity contribution in [2.24, 2.45) is 17.6 Å². The number of hydrogen-bond donors (Lipinski definition) is 4. The van der Waals surface area contributed by atoms with Crippen molar-refractivity contribution >= 4 is 19.8 Å².